The van der Waals surface area contributed by atoms with Gasteiger partial charge >= 0.3 is 0 Å². The van der Waals surface area contributed by atoms with Crippen molar-refractivity contribution in [3.05, 3.63) is 29.3 Å². The molecule has 1 aliphatic rings. The zero-order valence-electron chi connectivity index (χ0n) is 11.7. The molecular formula is C16H23NO. The van der Waals surface area contributed by atoms with Gasteiger partial charge in [-0.3, -0.25) is 4.79 Å². The van der Waals surface area contributed by atoms with E-state index in [4.69, 9.17) is 0 Å². The molecule has 0 saturated carbocycles. The van der Waals surface area contributed by atoms with Crippen molar-refractivity contribution in [1.29, 1.82) is 0 Å². The number of carbonyl (C=O) groups excluding carboxylic acids is 1. The van der Waals surface area contributed by atoms with Gasteiger partial charge in [0.25, 0.3) is 0 Å². The Bertz CT molecular complexity index is 439. The van der Waals surface area contributed by atoms with Gasteiger partial charge in [-0.05, 0) is 49.4 Å². The summed E-state index contributed by atoms with van der Waals surface area (Å²) in [6.45, 7) is 8.45. The van der Waals surface area contributed by atoms with Gasteiger partial charge in [0.15, 0.2) is 5.78 Å². The highest BCUT2D eigenvalue weighted by Crippen LogP contribution is 2.30. The summed E-state index contributed by atoms with van der Waals surface area (Å²) in [5, 5.41) is 0. The van der Waals surface area contributed by atoms with E-state index in [0.717, 1.165) is 31.0 Å². The Kier molecular flexibility index (Phi) is 4.05. The number of Topliss-reactive ketones (excluding diaryl/α,β-unsaturated/α-hetero) is 1. The number of rotatable bonds is 5. The lowest BCUT2D eigenvalue weighted by Gasteiger charge is -2.23. The summed E-state index contributed by atoms with van der Waals surface area (Å²) >= 11 is 0. The Morgan fingerprint density at radius 3 is 2.89 bits per heavy atom. The number of hydrogen-bond acceptors (Lipinski definition) is 2. The van der Waals surface area contributed by atoms with Gasteiger partial charge in [-0.2, -0.15) is 0 Å². The van der Waals surface area contributed by atoms with Crippen LogP contribution in [0.4, 0.5) is 5.69 Å². The Labute approximate surface area is 110 Å². The summed E-state index contributed by atoms with van der Waals surface area (Å²) in [6.07, 6.45) is 3.62. The minimum atomic E-state index is 0.163. The molecule has 2 nitrogen and oxygen atoms in total. The van der Waals surface area contributed by atoms with Crippen molar-refractivity contribution in [3.63, 3.8) is 0 Å². The second-order valence-corrected chi connectivity index (χ2v) is 5.49. The van der Waals surface area contributed by atoms with Crippen LogP contribution < -0.4 is 4.90 Å². The molecule has 0 N–H and O–H groups in total. The van der Waals surface area contributed by atoms with Gasteiger partial charge in [-0.25, -0.2) is 0 Å². The molecule has 1 aliphatic heterocycles. The number of fused-ring (bicyclic) bond motifs is 1. The Morgan fingerprint density at radius 2 is 2.22 bits per heavy atom. The van der Waals surface area contributed by atoms with Crippen molar-refractivity contribution >= 4 is 11.5 Å². The van der Waals surface area contributed by atoms with Gasteiger partial charge in [-0.15, -0.1) is 0 Å². The fourth-order valence-corrected chi connectivity index (χ4v) is 2.84. The molecule has 2 rings (SSSR count). The lowest BCUT2D eigenvalue weighted by molar-refractivity contribution is 0.101. The van der Waals surface area contributed by atoms with Crippen molar-refractivity contribution in [3.8, 4) is 0 Å². The van der Waals surface area contributed by atoms with E-state index in [9.17, 15) is 4.79 Å². The Balaban J connectivity index is 2.11. The number of ketones is 1. The SMILES string of the molecule is CCCC(C)CN1CCc2cc(C(C)=O)ccc21. The van der Waals surface area contributed by atoms with Crippen LogP contribution >= 0.6 is 0 Å². The van der Waals surface area contributed by atoms with Crippen molar-refractivity contribution < 1.29 is 4.79 Å². The highest BCUT2D eigenvalue weighted by atomic mass is 16.1. The molecule has 1 unspecified atom stereocenters. The third-order valence-corrected chi connectivity index (χ3v) is 3.79. The minimum Gasteiger partial charge on any atom is -0.371 e. The van der Waals surface area contributed by atoms with E-state index in [2.05, 4.69) is 30.9 Å². The largest absolute Gasteiger partial charge is 0.371 e. The molecule has 0 aromatic heterocycles. The summed E-state index contributed by atoms with van der Waals surface area (Å²) in [5.41, 5.74) is 3.52. The van der Waals surface area contributed by atoms with E-state index < -0.39 is 0 Å². The standard InChI is InChI=1S/C16H23NO/c1-4-5-12(2)11-17-9-8-15-10-14(13(3)18)6-7-16(15)17/h6-7,10,12H,4-5,8-9,11H2,1-3H3. The van der Waals surface area contributed by atoms with Crippen LogP contribution in [0.5, 0.6) is 0 Å². The molecule has 1 atom stereocenters. The maximum atomic E-state index is 11.4. The van der Waals surface area contributed by atoms with Crippen LogP contribution in [0.15, 0.2) is 18.2 Å². The second kappa shape index (κ2) is 5.55. The third-order valence-electron chi connectivity index (χ3n) is 3.79. The molecule has 0 amide bonds. The lowest BCUT2D eigenvalue weighted by Crippen LogP contribution is -2.26. The van der Waals surface area contributed by atoms with Crippen LogP contribution in [0.1, 0.15) is 49.5 Å². The third kappa shape index (κ3) is 2.74. The predicted molar refractivity (Wildman–Crippen MR) is 76.4 cm³/mol. The fourth-order valence-electron chi connectivity index (χ4n) is 2.84. The van der Waals surface area contributed by atoms with E-state index in [1.165, 1.54) is 24.1 Å². The van der Waals surface area contributed by atoms with Crippen LogP contribution in [0.2, 0.25) is 0 Å². The summed E-state index contributed by atoms with van der Waals surface area (Å²) in [5.74, 6) is 0.907. The van der Waals surface area contributed by atoms with Gasteiger partial charge in [-0.1, -0.05) is 20.3 Å². The van der Waals surface area contributed by atoms with Crippen LogP contribution in [0.3, 0.4) is 0 Å². The van der Waals surface area contributed by atoms with Crippen LogP contribution in [0.25, 0.3) is 0 Å². The quantitative estimate of drug-likeness (QED) is 0.737. The molecule has 1 aromatic carbocycles. The summed E-state index contributed by atoms with van der Waals surface area (Å²) in [4.78, 5) is 13.8. The number of nitrogens with zero attached hydrogens (tertiary/aromatic N) is 1. The number of carbonyl (C=O) groups is 1. The summed E-state index contributed by atoms with van der Waals surface area (Å²) in [6, 6.07) is 6.16. The molecule has 98 valence electrons. The minimum absolute atomic E-state index is 0.163. The second-order valence-electron chi connectivity index (χ2n) is 5.49. The predicted octanol–water partition coefficient (Wildman–Crippen LogP) is 3.69. The van der Waals surface area contributed by atoms with Crippen molar-refractivity contribution in [2.75, 3.05) is 18.0 Å². The molecule has 0 spiro atoms. The van der Waals surface area contributed by atoms with Gasteiger partial charge in [0.1, 0.15) is 0 Å². The lowest BCUT2D eigenvalue weighted by atomic mass is 10.0. The molecule has 0 bridgehead atoms. The van der Waals surface area contributed by atoms with Gasteiger partial charge in [0.05, 0.1) is 0 Å². The van der Waals surface area contributed by atoms with Gasteiger partial charge < -0.3 is 4.90 Å². The van der Waals surface area contributed by atoms with Crippen LogP contribution in [-0.2, 0) is 6.42 Å². The average Bonchev–Trinajstić information content (AvgIpc) is 2.72. The van der Waals surface area contributed by atoms with Crippen LogP contribution in [0, 0.1) is 5.92 Å². The first-order valence-corrected chi connectivity index (χ1v) is 7.00. The Morgan fingerprint density at radius 1 is 1.44 bits per heavy atom. The molecule has 0 radical (unpaired) electrons. The highest BCUT2D eigenvalue weighted by molar-refractivity contribution is 5.94. The van der Waals surface area contributed by atoms with E-state index >= 15 is 0 Å². The fraction of sp³-hybridized carbons (Fsp3) is 0.562. The van der Waals surface area contributed by atoms with E-state index in [1.54, 1.807) is 6.92 Å². The van der Waals surface area contributed by atoms with E-state index in [-0.39, 0.29) is 5.78 Å². The van der Waals surface area contributed by atoms with Gasteiger partial charge in [0.2, 0.25) is 0 Å². The average molecular weight is 245 g/mol. The molecule has 0 aliphatic carbocycles. The molecule has 1 aromatic rings. The summed E-state index contributed by atoms with van der Waals surface area (Å²) in [7, 11) is 0. The van der Waals surface area contributed by atoms with E-state index in [1.807, 2.05) is 6.07 Å². The first-order chi connectivity index (χ1) is 8.61. The van der Waals surface area contributed by atoms with Crippen LogP contribution in [-0.4, -0.2) is 18.9 Å². The van der Waals surface area contributed by atoms with Crippen molar-refractivity contribution in [2.24, 2.45) is 5.92 Å². The molecule has 1 heterocycles. The Hall–Kier alpha value is -1.31. The zero-order chi connectivity index (χ0) is 13.1. The number of anilines is 1. The van der Waals surface area contributed by atoms with E-state index in [0.29, 0.717) is 0 Å². The maximum Gasteiger partial charge on any atom is 0.159 e. The smallest absolute Gasteiger partial charge is 0.159 e. The van der Waals surface area contributed by atoms with Gasteiger partial charge in [0, 0.05) is 24.3 Å². The zero-order valence-corrected chi connectivity index (χ0v) is 11.7. The van der Waals surface area contributed by atoms with Crippen molar-refractivity contribution in [2.45, 2.75) is 40.0 Å². The summed E-state index contributed by atoms with van der Waals surface area (Å²) < 4.78 is 0. The van der Waals surface area contributed by atoms with Crippen molar-refractivity contribution in [1.82, 2.24) is 0 Å². The molecule has 0 saturated heterocycles. The number of benzene rings is 1. The topological polar surface area (TPSA) is 20.3 Å². The maximum absolute atomic E-state index is 11.4. The monoisotopic (exact) mass is 245 g/mol. The first kappa shape index (κ1) is 13.1. The molecule has 2 heteroatoms. The molecule has 0 fully saturated rings. The molecule has 18 heavy (non-hydrogen) atoms. The first-order valence-electron chi connectivity index (χ1n) is 7.00. The molecular weight excluding hydrogens is 222 g/mol. The highest BCUT2D eigenvalue weighted by Gasteiger charge is 2.21. The normalized spacial score (nSPS) is 15.6. The number of hydrogen-bond donors (Lipinski definition) is 0.